The maximum Gasteiger partial charge on any atom is 0.254 e. The number of nitrogens with zero attached hydrogens (tertiary/aromatic N) is 7. The van der Waals surface area contributed by atoms with E-state index < -0.39 is 0 Å². The van der Waals surface area contributed by atoms with Gasteiger partial charge in [-0.15, -0.1) is 5.10 Å². The molecule has 0 N–H and O–H groups in total. The Morgan fingerprint density at radius 3 is 2.72 bits per heavy atom. The predicted molar refractivity (Wildman–Crippen MR) is 106 cm³/mol. The van der Waals surface area contributed by atoms with Crippen LogP contribution in [0.1, 0.15) is 28.8 Å². The van der Waals surface area contributed by atoms with Gasteiger partial charge in [0.1, 0.15) is 6.33 Å². The number of pyridine rings is 1. The third-order valence-corrected chi connectivity index (χ3v) is 5.91. The molecule has 0 saturated carbocycles. The summed E-state index contributed by atoms with van der Waals surface area (Å²) in [4.78, 5) is 22.1. The van der Waals surface area contributed by atoms with E-state index in [0.717, 1.165) is 38.3 Å². The van der Waals surface area contributed by atoms with Crippen LogP contribution in [0.25, 0.3) is 5.69 Å². The first kappa shape index (κ1) is 17.9. The highest BCUT2D eigenvalue weighted by molar-refractivity contribution is 5.94. The average molecular weight is 389 g/mol. The van der Waals surface area contributed by atoms with Gasteiger partial charge in [-0.05, 0) is 65.1 Å². The van der Waals surface area contributed by atoms with Crippen molar-refractivity contribution >= 4 is 5.91 Å². The van der Waals surface area contributed by atoms with E-state index in [2.05, 4.69) is 36.4 Å². The van der Waals surface area contributed by atoms with Crippen molar-refractivity contribution in [3.8, 4) is 5.69 Å². The molecule has 2 bridgehead atoms. The second-order valence-electron chi connectivity index (χ2n) is 7.91. The van der Waals surface area contributed by atoms with Gasteiger partial charge in [0.2, 0.25) is 0 Å². The number of carbonyl (C=O) groups is 1. The highest BCUT2D eigenvalue weighted by atomic mass is 16.2. The Balaban J connectivity index is 1.30. The summed E-state index contributed by atoms with van der Waals surface area (Å²) in [5.41, 5.74) is 2.78. The molecular weight excluding hydrogens is 366 g/mol. The Morgan fingerprint density at radius 1 is 1.07 bits per heavy atom. The predicted octanol–water partition coefficient (Wildman–Crippen LogP) is 1.79. The maximum atomic E-state index is 13.3. The highest BCUT2D eigenvalue weighted by Crippen LogP contribution is 2.30. The second-order valence-corrected chi connectivity index (χ2v) is 7.91. The average Bonchev–Trinajstić information content (AvgIpc) is 3.16. The van der Waals surface area contributed by atoms with Crippen LogP contribution in [-0.4, -0.2) is 66.6 Å². The van der Waals surface area contributed by atoms with Crippen LogP contribution in [-0.2, 0) is 6.54 Å². The molecule has 1 aromatic carbocycles. The van der Waals surface area contributed by atoms with Crippen molar-refractivity contribution in [1.29, 1.82) is 0 Å². The zero-order valence-corrected chi connectivity index (χ0v) is 16.1. The van der Waals surface area contributed by atoms with E-state index in [4.69, 9.17) is 0 Å². The molecule has 3 aromatic rings. The number of fused-ring (bicyclic) bond motifs is 4. The van der Waals surface area contributed by atoms with Gasteiger partial charge in [-0.2, -0.15) is 0 Å². The van der Waals surface area contributed by atoms with Crippen LogP contribution in [0.4, 0.5) is 0 Å². The standard InChI is InChI=1S/C21H23N7O/c29-21(18-4-7-19(8-5-18)28-15-23-24-25-28)27-13-17-3-6-20(27)14-26(12-17)11-16-2-1-9-22-10-16/h1-2,4-5,7-10,15,17,20H,3,6,11-14H2/t17-,20+/m0/s1. The SMILES string of the molecule is O=C(c1ccc(-n2cnnn2)cc1)N1C[C@H]2CC[C@@H]1CN(Cc1cccnc1)C2. The van der Waals surface area contributed by atoms with Gasteiger partial charge >= 0.3 is 0 Å². The minimum atomic E-state index is 0.117. The molecule has 0 unspecified atom stereocenters. The number of piperidine rings is 1. The largest absolute Gasteiger partial charge is 0.334 e. The molecule has 6 rings (SSSR count). The Bertz CT molecular complexity index is 958. The van der Waals surface area contributed by atoms with E-state index in [-0.39, 0.29) is 11.9 Å². The monoisotopic (exact) mass is 389 g/mol. The van der Waals surface area contributed by atoms with Gasteiger partial charge in [0, 0.05) is 50.2 Å². The molecule has 3 aliphatic heterocycles. The Labute approximate surface area is 169 Å². The summed E-state index contributed by atoms with van der Waals surface area (Å²) in [7, 11) is 0. The number of amides is 1. The summed E-state index contributed by atoms with van der Waals surface area (Å²) < 4.78 is 1.58. The Morgan fingerprint density at radius 2 is 1.97 bits per heavy atom. The van der Waals surface area contributed by atoms with E-state index in [1.165, 1.54) is 12.0 Å². The molecular formula is C21H23N7O. The fraction of sp³-hybridized carbons (Fsp3) is 0.381. The fourth-order valence-electron chi connectivity index (χ4n) is 4.51. The number of aromatic nitrogens is 5. The first-order valence-electron chi connectivity index (χ1n) is 10.0. The third kappa shape index (κ3) is 3.75. The third-order valence-electron chi connectivity index (χ3n) is 5.91. The number of carbonyl (C=O) groups excluding carboxylic acids is 1. The zero-order valence-electron chi connectivity index (χ0n) is 16.1. The van der Waals surface area contributed by atoms with Gasteiger partial charge < -0.3 is 4.90 Å². The van der Waals surface area contributed by atoms with Crippen molar-refractivity contribution in [2.24, 2.45) is 5.92 Å². The van der Waals surface area contributed by atoms with Crippen LogP contribution in [0.2, 0.25) is 0 Å². The lowest BCUT2D eigenvalue weighted by molar-refractivity contribution is 0.0585. The van der Waals surface area contributed by atoms with Crippen LogP contribution in [0.15, 0.2) is 55.1 Å². The van der Waals surface area contributed by atoms with Crippen LogP contribution >= 0.6 is 0 Å². The van der Waals surface area contributed by atoms with Crippen LogP contribution < -0.4 is 0 Å². The van der Waals surface area contributed by atoms with E-state index in [9.17, 15) is 4.79 Å². The Kier molecular flexibility index (Phi) is 4.77. The van der Waals surface area contributed by atoms with Gasteiger partial charge in [0.15, 0.2) is 0 Å². The quantitative estimate of drug-likeness (QED) is 0.677. The molecule has 3 saturated heterocycles. The number of rotatable bonds is 4. The molecule has 3 aliphatic rings. The van der Waals surface area contributed by atoms with E-state index in [0.29, 0.717) is 11.5 Å². The molecule has 5 heterocycles. The van der Waals surface area contributed by atoms with Crippen molar-refractivity contribution in [1.82, 2.24) is 35.0 Å². The zero-order chi connectivity index (χ0) is 19.6. The molecule has 2 aromatic heterocycles. The lowest BCUT2D eigenvalue weighted by atomic mass is 9.94. The molecule has 1 amide bonds. The summed E-state index contributed by atoms with van der Waals surface area (Å²) in [5.74, 6) is 0.640. The molecule has 8 nitrogen and oxygen atoms in total. The summed E-state index contributed by atoms with van der Waals surface area (Å²) in [5, 5.41) is 11.2. The lowest BCUT2D eigenvalue weighted by Crippen LogP contribution is -2.47. The van der Waals surface area contributed by atoms with E-state index in [1.54, 1.807) is 17.2 Å². The molecule has 8 heteroatoms. The Hall–Kier alpha value is -3.13. The van der Waals surface area contributed by atoms with Gasteiger partial charge in [0.05, 0.1) is 5.69 Å². The molecule has 0 aliphatic carbocycles. The highest BCUT2D eigenvalue weighted by Gasteiger charge is 2.37. The normalized spacial score (nSPS) is 21.9. The van der Waals surface area contributed by atoms with Crippen LogP contribution in [0.5, 0.6) is 0 Å². The van der Waals surface area contributed by atoms with Gasteiger partial charge in [0.25, 0.3) is 5.91 Å². The lowest BCUT2D eigenvalue weighted by Gasteiger charge is -2.36. The van der Waals surface area contributed by atoms with Gasteiger partial charge in [-0.3, -0.25) is 14.7 Å². The number of benzene rings is 1. The molecule has 2 atom stereocenters. The molecule has 29 heavy (non-hydrogen) atoms. The van der Waals surface area contributed by atoms with Crippen molar-refractivity contribution in [3.63, 3.8) is 0 Å². The molecule has 3 fully saturated rings. The topological polar surface area (TPSA) is 80.0 Å². The summed E-state index contributed by atoms with van der Waals surface area (Å²) >= 11 is 0. The first-order chi connectivity index (χ1) is 14.3. The van der Waals surface area contributed by atoms with Crippen molar-refractivity contribution in [3.05, 3.63) is 66.2 Å². The minimum absolute atomic E-state index is 0.117. The number of tetrazole rings is 1. The van der Waals surface area contributed by atoms with Gasteiger partial charge in [-0.25, -0.2) is 4.68 Å². The van der Waals surface area contributed by atoms with Crippen molar-refractivity contribution in [2.45, 2.75) is 25.4 Å². The molecule has 148 valence electrons. The second kappa shape index (κ2) is 7.71. The minimum Gasteiger partial charge on any atom is -0.334 e. The van der Waals surface area contributed by atoms with Crippen LogP contribution in [0.3, 0.4) is 0 Å². The van der Waals surface area contributed by atoms with Crippen LogP contribution in [0, 0.1) is 5.92 Å². The summed E-state index contributed by atoms with van der Waals surface area (Å²) in [6.07, 6.45) is 7.54. The summed E-state index contributed by atoms with van der Waals surface area (Å²) in [6.45, 7) is 3.68. The maximum absolute atomic E-state index is 13.3. The fourth-order valence-corrected chi connectivity index (χ4v) is 4.51. The van der Waals surface area contributed by atoms with Crippen molar-refractivity contribution < 1.29 is 4.79 Å². The summed E-state index contributed by atoms with van der Waals surface area (Å²) in [6, 6.07) is 11.9. The number of hydrogen-bond acceptors (Lipinski definition) is 6. The molecule has 0 radical (unpaired) electrons. The number of hydrogen-bond donors (Lipinski definition) is 0. The first-order valence-corrected chi connectivity index (χ1v) is 10.0. The van der Waals surface area contributed by atoms with E-state index in [1.807, 2.05) is 36.5 Å². The molecule has 0 spiro atoms. The van der Waals surface area contributed by atoms with Gasteiger partial charge in [-0.1, -0.05) is 6.07 Å². The van der Waals surface area contributed by atoms with E-state index >= 15 is 0 Å². The van der Waals surface area contributed by atoms with Crippen molar-refractivity contribution in [2.75, 3.05) is 19.6 Å². The smallest absolute Gasteiger partial charge is 0.254 e.